The van der Waals surface area contributed by atoms with Crippen molar-refractivity contribution in [2.45, 2.75) is 13.0 Å². The van der Waals surface area contributed by atoms with Crippen LogP contribution in [-0.4, -0.2) is 11.5 Å². The van der Waals surface area contributed by atoms with Crippen molar-refractivity contribution in [3.8, 4) is 5.75 Å². The smallest absolute Gasteiger partial charge is 0.120 e. The number of nitrogens with zero attached hydrogens (tertiary/aromatic N) is 1. The van der Waals surface area contributed by atoms with Gasteiger partial charge in [0, 0.05) is 26.9 Å². The van der Waals surface area contributed by atoms with Crippen molar-refractivity contribution >= 4 is 31.9 Å². The maximum Gasteiger partial charge on any atom is 0.120 e. The van der Waals surface area contributed by atoms with Gasteiger partial charge in [-0.1, -0.05) is 15.9 Å². The number of nitrogens with two attached hydrogens (primary N) is 1. The third-order valence-electron chi connectivity index (χ3n) is 2.60. The van der Waals surface area contributed by atoms with Crippen LogP contribution in [0.1, 0.15) is 11.1 Å². The van der Waals surface area contributed by atoms with E-state index in [1.54, 1.807) is 12.4 Å². The number of hydrogen-bond donors (Lipinski definition) is 1. The third kappa shape index (κ3) is 4.30. The Morgan fingerprint density at radius 2 is 2.00 bits per heavy atom. The molecule has 0 radical (unpaired) electrons. The summed E-state index contributed by atoms with van der Waals surface area (Å²) in [5, 5.41) is 0. The zero-order chi connectivity index (χ0) is 13.7. The van der Waals surface area contributed by atoms with Crippen LogP contribution >= 0.6 is 31.9 Å². The lowest BCUT2D eigenvalue weighted by molar-refractivity contribution is 0.305. The molecule has 0 unspecified atom stereocenters. The van der Waals surface area contributed by atoms with Gasteiger partial charge in [0.1, 0.15) is 12.4 Å². The van der Waals surface area contributed by atoms with Gasteiger partial charge in [0.15, 0.2) is 0 Å². The number of benzene rings is 1. The summed E-state index contributed by atoms with van der Waals surface area (Å²) in [5.74, 6) is 0.839. The Hall–Kier alpha value is -0.910. The summed E-state index contributed by atoms with van der Waals surface area (Å²) in [6, 6.07) is 7.93. The van der Waals surface area contributed by atoms with Crippen LogP contribution in [0.4, 0.5) is 0 Å². The fraction of sp³-hybridized carbons (Fsp3) is 0.214. The number of halogens is 2. The van der Waals surface area contributed by atoms with Crippen molar-refractivity contribution < 1.29 is 4.74 Å². The molecule has 0 aliphatic carbocycles. The van der Waals surface area contributed by atoms with Crippen molar-refractivity contribution in [3.05, 3.63) is 56.7 Å². The Kier molecular flexibility index (Phi) is 5.36. The normalized spacial score (nSPS) is 10.5. The molecular weight excluding hydrogens is 372 g/mol. The first-order valence-electron chi connectivity index (χ1n) is 5.90. The Bertz CT molecular complexity index is 561. The van der Waals surface area contributed by atoms with E-state index in [4.69, 9.17) is 10.5 Å². The van der Waals surface area contributed by atoms with Crippen LogP contribution in [0.25, 0.3) is 0 Å². The molecule has 2 aromatic rings. The van der Waals surface area contributed by atoms with E-state index in [1.807, 2.05) is 24.3 Å². The summed E-state index contributed by atoms with van der Waals surface area (Å²) in [6.07, 6.45) is 4.38. The van der Waals surface area contributed by atoms with Gasteiger partial charge in [0.05, 0.1) is 0 Å². The summed E-state index contributed by atoms with van der Waals surface area (Å²) in [6.45, 7) is 1.12. The number of ether oxygens (including phenoxy) is 1. The highest BCUT2D eigenvalue weighted by atomic mass is 79.9. The van der Waals surface area contributed by atoms with Crippen molar-refractivity contribution in [1.29, 1.82) is 0 Å². The molecule has 1 aromatic heterocycles. The third-order valence-corrected chi connectivity index (χ3v) is 3.81. The van der Waals surface area contributed by atoms with Crippen molar-refractivity contribution in [3.63, 3.8) is 0 Å². The van der Waals surface area contributed by atoms with E-state index in [-0.39, 0.29) is 0 Å². The monoisotopic (exact) mass is 384 g/mol. The second-order valence-corrected chi connectivity index (χ2v) is 5.86. The summed E-state index contributed by atoms with van der Waals surface area (Å²) in [5.41, 5.74) is 7.77. The Labute approximate surface area is 129 Å². The van der Waals surface area contributed by atoms with E-state index >= 15 is 0 Å². The van der Waals surface area contributed by atoms with Crippen LogP contribution in [0.5, 0.6) is 5.75 Å². The number of aromatic nitrogens is 1. The number of pyridine rings is 1. The average molecular weight is 386 g/mol. The van der Waals surface area contributed by atoms with Crippen molar-refractivity contribution in [2.24, 2.45) is 5.73 Å². The van der Waals surface area contributed by atoms with Crippen LogP contribution in [0, 0.1) is 0 Å². The molecule has 0 atom stereocenters. The molecule has 0 amide bonds. The van der Waals surface area contributed by atoms with E-state index in [9.17, 15) is 0 Å². The highest BCUT2D eigenvalue weighted by Gasteiger charge is 2.03. The predicted octanol–water partition coefficient (Wildman–Crippen LogP) is 3.69. The molecule has 0 saturated carbocycles. The lowest BCUT2D eigenvalue weighted by atomic mass is 10.1. The Morgan fingerprint density at radius 3 is 2.74 bits per heavy atom. The van der Waals surface area contributed by atoms with Gasteiger partial charge in [-0.15, -0.1) is 0 Å². The molecule has 100 valence electrons. The lowest BCUT2D eigenvalue weighted by Crippen LogP contribution is -2.04. The molecule has 2 rings (SSSR count). The molecule has 0 bridgehead atoms. The van der Waals surface area contributed by atoms with Crippen LogP contribution in [-0.2, 0) is 13.0 Å². The van der Waals surface area contributed by atoms with Crippen molar-refractivity contribution in [2.75, 3.05) is 6.54 Å². The standard InChI is InChI=1S/C14H14Br2N2O/c15-12-5-10(7-18-8-12)9-19-13-1-2-14(16)11(6-13)3-4-17/h1-2,5-8H,3-4,9,17H2. The fourth-order valence-electron chi connectivity index (χ4n) is 1.69. The quantitative estimate of drug-likeness (QED) is 0.853. The summed E-state index contributed by atoms with van der Waals surface area (Å²) >= 11 is 6.90. The van der Waals surface area contributed by atoms with E-state index in [0.717, 1.165) is 32.2 Å². The molecule has 3 nitrogen and oxygen atoms in total. The molecular formula is C14H14Br2N2O. The second-order valence-electron chi connectivity index (χ2n) is 4.09. The molecule has 0 aliphatic rings. The van der Waals surface area contributed by atoms with Gasteiger partial charge in [-0.05, 0) is 58.7 Å². The maximum atomic E-state index is 5.77. The topological polar surface area (TPSA) is 48.1 Å². The minimum absolute atomic E-state index is 0.496. The first-order chi connectivity index (χ1) is 9.19. The average Bonchev–Trinajstić information content (AvgIpc) is 2.40. The molecule has 1 aromatic carbocycles. The van der Waals surface area contributed by atoms with E-state index in [0.29, 0.717) is 13.2 Å². The van der Waals surface area contributed by atoms with Gasteiger partial charge in [-0.2, -0.15) is 0 Å². The van der Waals surface area contributed by atoms with Crippen LogP contribution < -0.4 is 10.5 Å². The van der Waals surface area contributed by atoms with E-state index < -0.39 is 0 Å². The predicted molar refractivity (Wildman–Crippen MR) is 83.2 cm³/mol. The molecule has 0 spiro atoms. The maximum absolute atomic E-state index is 5.77. The van der Waals surface area contributed by atoms with Gasteiger partial charge < -0.3 is 10.5 Å². The van der Waals surface area contributed by atoms with Crippen LogP contribution in [0.15, 0.2) is 45.6 Å². The largest absolute Gasteiger partial charge is 0.489 e. The van der Waals surface area contributed by atoms with E-state index in [2.05, 4.69) is 36.8 Å². The van der Waals surface area contributed by atoms with Gasteiger partial charge >= 0.3 is 0 Å². The van der Waals surface area contributed by atoms with Gasteiger partial charge in [0.2, 0.25) is 0 Å². The Balaban J connectivity index is 2.05. The Morgan fingerprint density at radius 1 is 1.16 bits per heavy atom. The summed E-state index contributed by atoms with van der Waals surface area (Å²) < 4.78 is 7.78. The number of rotatable bonds is 5. The zero-order valence-electron chi connectivity index (χ0n) is 10.3. The summed E-state index contributed by atoms with van der Waals surface area (Å²) in [7, 11) is 0. The van der Waals surface area contributed by atoms with Gasteiger partial charge in [-0.3, -0.25) is 4.98 Å². The highest BCUT2D eigenvalue weighted by Crippen LogP contribution is 2.23. The first kappa shape index (κ1) is 14.5. The highest BCUT2D eigenvalue weighted by molar-refractivity contribution is 9.10. The SMILES string of the molecule is NCCc1cc(OCc2cncc(Br)c2)ccc1Br. The molecule has 1 heterocycles. The zero-order valence-corrected chi connectivity index (χ0v) is 13.4. The molecule has 5 heteroatoms. The second kappa shape index (κ2) is 7.03. The molecule has 0 fully saturated rings. The van der Waals surface area contributed by atoms with E-state index in [1.165, 1.54) is 0 Å². The minimum Gasteiger partial charge on any atom is -0.489 e. The summed E-state index contributed by atoms with van der Waals surface area (Å²) in [4.78, 5) is 4.11. The molecule has 19 heavy (non-hydrogen) atoms. The lowest BCUT2D eigenvalue weighted by Gasteiger charge is -2.09. The van der Waals surface area contributed by atoms with Crippen molar-refractivity contribution in [1.82, 2.24) is 4.98 Å². The van der Waals surface area contributed by atoms with Gasteiger partial charge in [-0.25, -0.2) is 0 Å². The van der Waals surface area contributed by atoms with Crippen LogP contribution in [0.3, 0.4) is 0 Å². The number of hydrogen-bond acceptors (Lipinski definition) is 3. The first-order valence-corrected chi connectivity index (χ1v) is 7.48. The molecule has 2 N–H and O–H groups in total. The molecule has 0 saturated heterocycles. The minimum atomic E-state index is 0.496. The molecule has 0 aliphatic heterocycles. The van der Waals surface area contributed by atoms with Gasteiger partial charge in [0.25, 0.3) is 0 Å². The van der Waals surface area contributed by atoms with Crippen LogP contribution in [0.2, 0.25) is 0 Å². The fourth-order valence-corrected chi connectivity index (χ4v) is 2.55.